The summed E-state index contributed by atoms with van der Waals surface area (Å²) in [7, 11) is 0. The second-order valence-corrected chi connectivity index (χ2v) is 3.64. The number of nitrogens with one attached hydrogen (secondary N) is 2. The van der Waals surface area contributed by atoms with Crippen molar-refractivity contribution in [3.05, 3.63) is 5.82 Å². The Morgan fingerprint density at radius 2 is 2.00 bits per heavy atom. The van der Waals surface area contributed by atoms with Crippen LogP contribution in [0.25, 0.3) is 0 Å². The monoisotopic (exact) mass is 287 g/mol. The Kier molecular flexibility index (Phi) is 5.55. The van der Waals surface area contributed by atoms with Gasteiger partial charge in [0.2, 0.25) is 17.7 Å². The molecule has 0 radical (unpaired) electrons. The van der Waals surface area contributed by atoms with Gasteiger partial charge in [-0.3, -0.25) is 15.2 Å². The van der Waals surface area contributed by atoms with Gasteiger partial charge in [-0.2, -0.15) is 18.2 Å². The largest absolute Gasteiger partial charge is 0.451 e. The number of anilines is 1. The van der Waals surface area contributed by atoms with Crippen LogP contribution in [0.2, 0.25) is 0 Å². The second-order valence-electron chi connectivity index (χ2n) is 3.64. The van der Waals surface area contributed by atoms with E-state index < -0.39 is 35.8 Å². The number of carbonyl (C=O) groups is 1. The van der Waals surface area contributed by atoms with Gasteiger partial charge in [0, 0.05) is 6.04 Å². The highest BCUT2D eigenvalue weighted by molar-refractivity contribution is 5.91. The van der Waals surface area contributed by atoms with Crippen molar-refractivity contribution in [1.82, 2.24) is 15.2 Å². The number of H-pyrrole nitrogens is 1. The van der Waals surface area contributed by atoms with E-state index in [4.69, 9.17) is 5.73 Å². The van der Waals surface area contributed by atoms with Gasteiger partial charge < -0.3 is 5.73 Å². The van der Waals surface area contributed by atoms with Crippen molar-refractivity contribution in [2.45, 2.75) is 26.1 Å². The van der Waals surface area contributed by atoms with E-state index in [2.05, 4.69) is 15.4 Å². The molecule has 0 aliphatic rings. The molecular weight excluding hydrogens is 275 g/mol. The molecule has 2 atom stereocenters. The van der Waals surface area contributed by atoms with E-state index in [1.807, 2.05) is 0 Å². The maximum absolute atomic E-state index is 12.2. The van der Waals surface area contributed by atoms with Crippen LogP contribution in [-0.2, 0) is 11.0 Å². The van der Waals surface area contributed by atoms with Gasteiger partial charge in [0.15, 0.2) is 0 Å². The Labute approximate surface area is 107 Å². The molecule has 0 spiro atoms. The number of aromatic nitrogens is 3. The van der Waals surface area contributed by atoms with Crippen molar-refractivity contribution in [1.29, 1.82) is 0 Å². The third-order valence-corrected chi connectivity index (χ3v) is 2.19. The van der Waals surface area contributed by atoms with E-state index in [1.165, 1.54) is 0 Å². The van der Waals surface area contributed by atoms with E-state index in [9.17, 15) is 18.0 Å². The topological polar surface area (TPSA) is 96.7 Å². The molecule has 1 amide bonds. The van der Waals surface area contributed by atoms with Crippen LogP contribution in [0.3, 0.4) is 0 Å². The van der Waals surface area contributed by atoms with E-state index >= 15 is 0 Å². The third-order valence-electron chi connectivity index (χ3n) is 2.19. The zero-order valence-electron chi connectivity index (χ0n) is 9.58. The minimum absolute atomic E-state index is 0. The zero-order chi connectivity index (χ0) is 13.2. The average Bonchev–Trinajstić information content (AvgIpc) is 2.64. The third kappa shape index (κ3) is 4.15. The number of amides is 1. The van der Waals surface area contributed by atoms with Crippen molar-refractivity contribution in [2.75, 3.05) is 5.32 Å². The molecule has 10 heteroatoms. The molecule has 0 aliphatic carbocycles. The van der Waals surface area contributed by atoms with Gasteiger partial charge in [-0.05, 0) is 6.92 Å². The Morgan fingerprint density at radius 1 is 1.44 bits per heavy atom. The summed E-state index contributed by atoms with van der Waals surface area (Å²) in [4.78, 5) is 14.5. The lowest BCUT2D eigenvalue weighted by Crippen LogP contribution is -2.34. The van der Waals surface area contributed by atoms with Gasteiger partial charge >= 0.3 is 6.18 Å². The van der Waals surface area contributed by atoms with Crippen molar-refractivity contribution >= 4 is 24.3 Å². The maximum Gasteiger partial charge on any atom is 0.451 e. The van der Waals surface area contributed by atoms with Gasteiger partial charge in [-0.15, -0.1) is 17.5 Å². The second kappa shape index (κ2) is 6.01. The highest BCUT2D eigenvalue weighted by atomic mass is 35.5. The van der Waals surface area contributed by atoms with E-state index in [0.29, 0.717) is 0 Å². The molecule has 0 fully saturated rings. The molecule has 0 aliphatic heterocycles. The maximum atomic E-state index is 12.2. The Bertz CT molecular complexity index is 406. The lowest BCUT2D eigenvalue weighted by molar-refractivity contribution is -0.144. The molecule has 18 heavy (non-hydrogen) atoms. The van der Waals surface area contributed by atoms with Crippen LogP contribution in [0.1, 0.15) is 19.7 Å². The summed E-state index contributed by atoms with van der Waals surface area (Å²) >= 11 is 0. The SMILES string of the molecule is CC(N)C(C)C(=O)Nc1n[nH]c(C(F)(F)F)n1.Cl. The molecule has 104 valence electrons. The smallest absolute Gasteiger partial charge is 0.327 e. The number of aromatic amines is 1. The molecule has 1 rings (SSSR count). The highest BCUT2D eigenvalue weighted by Crippen LogP contribution is 2.26. The number of hydrogen-bond acceptors (Lipinski definition) is 4. The molecule has 1 aromatic rings. The van der Waals surface area contributed by atoms with Gasteiger partial charge in [0.05, 0.1) is 5.92 Å². The van der Waals surface area contributed by atoms with Crippen LogP contribution in [0.5, 0.6) is 0 Å². The van der Waals surface area contributed by atoms with Crippen molar-refractivity contribution in [2.24, 2.45) is 11.7 Å². The van der Waals surface area contributed by atoms with E-state index in [-0.39, 0.29) is 12.4 Å². The van der Waals surface area contributed by atoms with Crippen LogP contribution in [0, 0.1) is 5.92 Å². The summed E-state index contributed by atoms with van der Waals surface area (Å²) in [5.74, 6) is -2.77. The molecule has 1 aromatic heterocycles. The minimum Gasteiger partial charge on any atom is -0.327 e. The number of nitrogens with zero attached hydrogens (tertiary/aromatic N) is 2. The molecule has 2 unspecified atom stereocenters. The molecular formula is C8H13ClF3N5O. The number of rotatable bonds is 3. The number of carbonyl (C=O) groups excluding carboxylic acids is 1. The highest BCUT2D eigenvalue weighted by Gasteiger charge is 2.35. The lowest BCUT2D eigenvalue weighted by Gasteiger charge is -2.13. The number of nitrogens with two attached hydrogens (primary N) is 1. The van der Waals surface area contributed by atoms with Crippen LogP contribution in [0.15, 0.2) is 0 Å². The zero-order valence-corrected chi connectivity index (χ0v) is 10.4. The van der Waals surface area contributed by atoms with Crippen molar-refractivity contribution in [3.8, 4) is 0 Å². The molecule has 1 heterocycles. The lowest BCUT2D eigenvalue weighted by atomic mass is 10.0. The number of halogens is 4. The summed E-state index contributed by atoms with van der Waals surface area (Å²) in [5, 5.41) is 7.07. The van der Waals surface area contributed by atoms with Crippen LogP contribution in [-0.4, -0.2) is 27.1 Å². The van der Waals surface area contributed by atoms with Gasteiger partial charge in [-0.1, -0.05) is 6.92 Å². The Morgan fingerprint density at radius 3 is 2.39 bits per heavy atom. The first kappa shape index (κ1) is 16.6. The molecule has 4 N–H and O–H groups in total. The summed E-state index contributed by atoms with van der Waals surface area (Å²) in [5.41, 5.74) is 5.48. The summed E-state index contributed by atoms with van der Waals surface area (Å²) in [6.07, 6.45) is -4.62. The minimum atomic E-state index is -4.62. The fourth-order valence-corrected chi connectivity index (χ4v) is 0.907. The normalized spacial score (nSPS) is 14.6. The quantitative estimate of drug-likeness (QED) is 0.777. The van der Waals surface area contributed by atoms with Crippen LogP contribution in [0.4, 0.5) is 19.1 Å². The van der Waals surface area contributed by atoms with Crippen LogP contribution >= 0.6 is 12.4 Å². The fourth-order valence-electron chi connectivity index (χ4n) is 0.907. The van der Waals surface area contributed by atoms with E-state index in [1.54, 1.807) is 18.9 Å². The van der Waals surface area contributed by atoms with Crippen LogP contribution < -0.4 is 11.1 Å². The molecule has 0 saturated carbocycles. The first-order valence-corrected chi connectivity index (χ1v) is 4.78. The fraction of sp³-hybridized carbons (Fsp3) is 0.625. The van der Waals surface area contributed by atoms with Gasteiger partial charge in [0.1, 0.15) is 0 Å². The summed E-state index contributed by atoms with van der Waals surface area (Å²) in [6.45, 7) is 3.17. The van der Waals surface area contributed by atoms with Gasteiger partial charge in [-0.25, -0.2) is 0 Å². The Balaban J connectivity index is 0.00000289. The average molecular weight is 288 g/mol. The first-order valence-electron chi connectivity index (χ1n) is 4.78. The molecule has 0 bridgehead atoms. The van der Waals surface area contributed by atoms with Gasteiger partial charge in [0.25, 0.3) is 0 Å². The van der Waals surface area contributed by atoms with Crippen molar-refractivity contribution in [3.63, 3.8) is 0 Å². The number of alkyl halides is 3. The first-order chi connectivity index (χ1) is 7.71. The molecule has 0 saturated heterocycles. The number of hydrogen-bond donors (Lipinski definition) is 3. The summed E-state index contributed by atoms with van der Waals surface area (Å²) < 4.78 is 36.5. The Hall–Kier alpha value is -1.35. The predicted octanol–water partition coefficient (Wildman–Crippen LogP) is 1.17. The summed E-state index contributed by atoms with van der Waals surface area (Å²) in [6, 6.07) is -0.420. The molecule has 6 nitrogen and oxygen atoms in total. The molecule has 0 aromatic carbocycles. The van der Waals surface area contributed by atoms with E-state index in [0.717, 1.165) is 0 Å². The predicted molar refractivity (Wildman–Crippen MR) is 60.1 cm³/mol. The standard InChI is InChI=1S/C8H12F3N5O.ClH/c1-3(4(2)12)5(17)13-7-14-6(15-16-7)8(9,10)11;/h3-4H,12H2,1-2H3,(H2,13,14,15,16,17);1H. The van der Waals surface area contributed by atoms with Crippen molar-refractivity contribution < 1.29 is 18.0 Å².